The normalized spacial score (nSPS) is 9.57. The molecule has 0 bridgehead atoms. The van der Waals surface area contributed by atoms with Crippen molar-refractivity contribution in [1.29, 1.82) is 0 Å². The fourth-order valence-electron chi connectivity index (χ4n) is 1.76. The number of pyridine rings is 1. The molecule has 0 spiro atoms. The van der Waals surface area contributed by atoms with Crippen molar-refractivity contribution in [2.24, 2.45) is 0 Å². The van der Waals surface area contributed by atoms with Crippen LogP contribution in [-0.2, 0) is 6.54 Å². The molecule has 0 saturated carbocycles. The predicted octanol–water partition coefficient (Wildman–Crippen LogP) is 1.06. The molecule has 0 fully saturated rings. The van der Waals surface area contributed by atoms with Crippen LogP contribution in [0.5, 0.6) is 5.75 Å². The van der Waals surface area contributed by atoms with Crippen LogP contribution in [0.2, 0.25) is 0 Å². The van der Waals surface area contributed by atoms with E-state index in [1.807, 2.05) is 24.3 Å². The molecule has 2 rings (SSSR count). The molecule has 5 nitrogen and oxygen atoms in total. The SMILES string of the molecule is O=C(NCc1cccc(C#CCO)c1)c1ccncc1O. The number of hydrogen-bond acceptors (Lipinski definition) is 4. The van der Waals surface area contributed by atoms with Crippen LogP contribution in [-0.4, -0.2) is 27.7 Å². The van der Waals surface area contributed by atoms with Gasteiger partial charge >= 0.3 is 0 Å². The Balaban J connectivity index is 2.03. The predicted molar refractivity (Wildman–Crippen MR) is 77.5 cm³/mol. The molecule has 0 unspecified atom stereocenters. The Morgan fingerprint density at radius 1 is 1.33 bits per heavy atom. The third-order valence-electron chi connectivity index (χ3n) is 2.74. The molecule has 0 aliphatic rings. The number of rotatable bonds is 3. The summed E-state index contributed by atoms with van der Waals surface area (Å²) in [6.07, 6.45) is 2.67. The first kappa shape index (κ1) is 14.6. The van der Waals surface area contributed by atoms with Gasteiger partial charge in [-0.1, -0.05) is 24.0 Å². The van der Waals surface area contributed by atoms with Crippen LogP contribution >= 0.6 is 0 Å². The van der Waals surface area contributed by atoms with Crippen molar-refractivity contribution in [3.8, 4) is 17.6 Å². The lowest BCUT2D eigenvalue weighted by Crippen LogP contribution is -2.22. The Kier molecular flexibility index (Phi) is 4.91. The number of benzene rings is 1. The Bertz CT molecular complexity index is 702. The van der Waals surface area contributed by atoms with Gasteiger partial charge in [0.15, 0.2) is 0 Å². The number of amides is 1. The summed E-state index contributed by atoms with van der Waals surface area (Å²) in [5.74, 6) is 4.84. The summed E-state index contributed by atoms with van der Waals surface area (Å²) in [5, 5.41) is 20.9. The Labute approximate surface area is 122 Å². The van der Waals surface area contributed by atoms with Gasteiger partial charge in [-0.05, 0) is 23.8 Å². The van der Waals surface area contributed by atoms with E-state index in [1.54, 1.807) is 0 Å². The van der Waals surface area contributed by atoms with Gasteiger partial charge in [-0.15, -0.1) is 0 Å². The zero-order valence-electron chi connectivity index (χ0n) is 11.2. The van der Waals surface area contributed by atoms with Gasteiger partial charge in [0.2, 0.25) is 0 Å². The van der Waals surface area contributed by atoms with E-state index in [4.69, 9.17) is 5.11 Å². The molecule has 1 aromatic carbocycles. The van der Waals surface area contributed by atoms with Crippen molar-refractivity contribution in [2.75, 3.05) is 6.61 Å². The van der Waals surface area contributed by atoms with Crippen molar-refractivity contribution in [2.45, 2.75) is 6.54 Å². The van der Waals surface area contributed by atoms with Crippen LogP contribution < -0.4 is 5.32 Å². The summed E-state index contributed by atoms with van der Waals surface area (Å²) >= 11 is 0. The second-order valence-corrected chi connectivity index (χ2v) is 4.24. The van der Waals surface area contributed by atoms with Gasteiger partial charge in [-0.25, -0.2) is 0 Å². The quantitative estimate of drug-likeness (QED) is 0.735. The molecular weight excluding hydrogens is 268 g/mol. The molecule has 0 aliphatic heterocycles. The lowest BCUT2D eigenvalue weighted by molar-refractivity contribution is 0.0948. The van der Waals surface area contributed by atoms with Crippen LogP contribution in [0.4, 0.5) is 0 Å². The number of hydrogen-bond donors (Lipinski definition) is 3. The van der Waals surface area contributed by atoms with Crippen molar-refractivity contribution in [1.82, 2.24) is 10.3 Å². The first-order chi connectivity index (χ1) is 10.2. The molecule has 0 radical (unpaired) electrons. The number of carbonyl (C=O) groups is 1. The zero-order chi connectivity index (χ0) is 15.1. The van der Waals surface area contributed by atoms with E-state index in [-0.39, 0.29) is 23.8 Å². The summed E-state index contributed by atoms with van der Waals surface area (Å²) in [4.78, 5) is 15.7. The number of aromatic hydroxyl groups is 1. The standard InChI is InChI=1S/C16H14N2O3/c19-8-2-5-12-3-1-4-13(9-12)10-18-16(21)14-6-7-17-11-15(14)20/h1,3-4,6-7,9,11,19-20H,8,10H2,(H,18,21). The molecule has 1 aromatic heterocycles. The maximum absolute atomic E-state index is 11.9. The average Bonchev–Trinajstić information content (AvgIpc) is 2.51. The second kappa shape index (κ2) is 7.08. The topological polar surface area (TPSA) is 82.5 Å². The molecule has 2 aromatic rings. The van der Waals surface area contributed by atoms with Gasteiger partial charge in [-0.2, -0.15) is 0 Å². The molecule has 0 saturated heterocycles. The highest BCUT2D eigenvalue weighted by Gasteiger charge is 2.09. The molecule has 0 aliphatic carbocycles. The molecule has 1 heterocycles. The van der Waals surface area contributed by atoms with E-state index in [9.17, 15) is 9.90 Å². The second-order valence-electron chi connectivity index (χ2n) is 4.24. The minimum atomic E-state index is -0.373. The molecule has 0 atom stereocenters. The minimum Gasteiger partial charge on any atom is -0.505 e. The number of aliphatic hydroxyl groups is 1. The van der Waals surface area contributed by atoms with E-state index < -0.39 is 0 Å². The number of nitrogens with one attached hydrogen (secondary N) is 1. The van der Waals surface area contributed by atoms with Gasteiger partial charge in [0.25, 0.3) is 5.91 Å². The van der Waals surface area contributed by atoms with E-state index in [2.05, 4.69) is 22.1 Å². The van der Waals surface area contributed by atoms with Crippen LogP contribution in [0.15, 0.2) is 42.7 Å². The maximum atomic E-state index is 11.9. The Morgan fingerprint density at radius 2 is 2.19 bits per heavy atom. The highest BCUT2D eigenvalue weighted by atomic mass is 16.3. The number of aliphatic hydroxyl groups excluding tert-OH is 1. The third-order valence-corrected chi connectivity index (χ3v) is 2.74. The van der Waals surface area contributed by atoms with Crippen LogP contribution in [0.25, 0.3) is 0 Å². The maximum Gasteiger partial charge on any atom is 0.255 e. The monoisotopic (exact) mass is 282 g/mol. The summed E-state index contributed by atoms with van der Waals surface area (Å²) in [6.45, 7) is 0.123. The number of aromatic nitrogens is 1. The van der Waals surface area contributed by atoms with Crippen molar-refractivity contribution in [3.63, 3.8) is 0 Å². The minimum absolute atomic E-state index is 0.155. The van der Waals surface area contributed by atoms with Gasteiger partial charge in [0.05, 0.1) is 11.8 Å². The van der Waals surface area contributed by atoms with Crippen molar-refractivity contribution < 1.29 is 15.0 Å². The summed E-state index contributed by atoms with van der Waals surface area (Å²) in [6, 6.07) is 8.79. The van der Waals surface area contributed by atoms with Gasteiger partial charge in [0.1, 0.15) is 12.4 Å². The van der Waals surface area contributed by atoms with E-state index in [0.29, 0.717) is 6.54 Å². The molecule has 1 amide bonds. The van der Waals surface area contributed by atoms with Crippen LogP contribution in [0.3, 0.4) is 0 Å². The average molecular weight is 282 g/mol. The van der Waals surface area contributed by atoms with Crippen molar-refractivity contribution >= 4 is 5.91 Å². The van der Waals surface area contributed by atoms with Gasteiger partial charge < -0.3 is 15.5 Å². The first-order valence-corrected chi connectivity index (χ1v) is 6.30. The van der Waals surface area contributed by atoms with Crippen LogP contribution in [0, 0.1) is 11.8 Å². The highest BCUT2D eigenvalue weighted by molar-refractivity contribution is 5.96. The molecule has 5 heteroatoms. The largest absolute Gasteiger partial charge is 0.505 e. The van der Waals surface area contributed by atoms with E-state index in [0.717, 1.165) is 11.1 Å². The van der Waals surface area contributed by atoms with Crippen molar-refractivity contribution in [3.05, 3.63) is 59.4 Å². The Hall–Kier alpha value is -2.84. The van der Waals surface area contributed by atoms with Gasteiger partial charge in [0, 0.05) is 18.3 Å². The number of nitrogens with zero attached hydrogens (tertiary/aromatic N) is 1. The first-order valence-electron chi connectivity index (χ1n) is 6.30. The molecule has 21 heavy (non-hydrogen) atoms. The Morgan fingerprint density at radius 3 is 2.95 bits per heavy atom. The van der Waals surface area contributed by atoms with E-state index >= 15 is 0 Å². The lowest BCUT2D eigenvalue weighted by Gasteiger charge is -2.07. The van der Waals surface area contributed by atoms with E-state index in [1.165, 1.54) is 18.5 Å². The highest BCUT2D eigenvalue weighted by Crippen LogP contribution is 2.13. The number of carbonyl (C=O) groups excluding carboxylic acids is 1. The third kappa shape index (κ3) is 4.06. The summed E-state index contributed by atoms with van der Waals surface area (Å²) < 4.78 is 0. The molecule has 3 N–H and O–H groups in total. The fraction of sp³-hybridized carbons (Fsp3) is 0.125. The lowest BCUT2D eigenvalue weighted by atomic mass is 10.1. The smallest absolute Gasteiger partial charge is 0.255 e. The summed E-state index contributed by atoms with van der Waals surface area (Å²) in [7, 11) is 0. The fourth-order valence-corrected chi connectivity index (χ4v) is 1.76. The zero-order valence-corrected chi connectivity index (χ0v) is 11.2. The van der Waals surface area contributed by atoms with Crippen LogP contribution in [0.1, 0.15) is 21.5 Å². The van der Waals surface area contributed by atoms with Gasteiger partial charge in [-0.3, -0.25) is 9.78 Å². The molecular formula is C16H14N2O3. The molecule has 106 valence electrons. The summed E-state index contributed by atoms with van der Waals surface area (Å²) in [5.41, 5.74) is 1.82.